The van der Waals surface area contributed by atoms with Crippen molar-refractivity contribution in [1.29, 1.82) is 0 Å². The van der Waals surface area contributed by atoms with E-state index in [1.807, 2.05) is 18.2 Å². The van der Waals surface area contributed by atoms with Gasteiger partial charge in [0.25, 0.3) is 0 Å². The van der Waals surface area contributed by atoms with Crippen molar-refractivity contribution in [3.63, 3.8) is 0 Å². The average Bonchev–Trinajstić information content (AvgIpc) is 2.39. The van der Waals surface area contributed by atoms with Gasteiger partial charge >= 0.3 is 0 Å². The third kappa shape index (κ3) is 2.70. The highest BCUT2D eigenvalue weighted by molar-refractivity contribution is 5.54. The van der Waals surface area contributed by atoms with Crippen molar-refractivity contribution in [3.8, 4) is 11.4 Å². The Morgan fingerprint density at radius 3 is 2.35 bits per heavy atom. The van der Waals surface area contributed by atoms with Crippen LogP contribution in [0.3, 0.4) is 0 Å². The molecule has 2 aromatic rings. The van der Waals surface area contributed by atoms with Crippen molar-refractivity contribution in [3.05, 3.63) is 47.8 Å². The number of nitrogens with zero attached hydrogens (tertiary/aromatic N) is 2. The predicted octanol–water partition coefficient (Wildman–Crippen LogP) is 3.83. The zero-order valence-corrected chi connectivity index (χ0v) is 10.6. The fraction of sp³-hybridized carbons (Fsp3) is 0.333. The molecule has 0 N–H and O–H groups in total. The van der Waals surface area contributed by atoms with E-state index in [0.717, 1.165) is 29.2 Å². The molecule has 2 nitrogen and oxygen atoms in total. The van der Waals surface area contributed by atoms with E-state index >= 15 is 0 Å². The molecule has 1 heterocycles. The van der Waals surface area contributed by atoms with Gasteiger partial charge in [-0.15, -0.1) is 0 Å². The van der Waals surface area contributed by atoms with Crippen molar-refractivity contribution in [2.45, 2.75) is 33.1 Å². The number of rotatable bonds is 3. The molecule has 0 radical (unpaired) electrons. The summed E-state index contributed by atoms with van der Waals surface area (Å²) in [6, 6.07) is 12.3. The van der Waals surface area contributed by atoms with Crippen LogP contribution in [0.2, 0.25) is 0 Å². The molecular weight excluding hydrogens is 208 g/mol. The molecule has 17 heavy (non-hydrogen) atoms. The lowest BCUT2D eigenvalue weighted by Gasteiger charge is -2.09. The smallest absolute Gasteiger partial charge is 0.159 e. The van der Waals surface area contributed by atoms with Crippen molar-refractivity contribution < 1.29 is 0 Å². The number of benzene rings is 1. The van der Waals surface area contributed by atoms with Crippen molar-refractivity contribution in [2.24, 2.45) is 0 Å². The van der Waals surface area contributed by atoms with Gasteiger partial charge in [0.15, 0.2) is 5.82 Å². The minimum absolute atomic E-state index is 0.436. The SMILES string of the molecule is CCc1cc(C(C)C)nc(-c2ccccc2)n1. The molecule has 0 spiro atoms. The predicted molar refractivity (Wildman–Crippen MR) is 70.9 cm³/mol. The topological polar surface area (TPSA) is 25.8 Å². The van der Waals surface area contributed by atoms with Crippen molar-refractivity contribution in [2.75, 3.05) is 0 Å². The van der Waals surface area contributed by atoms with E-state index in [2.05, 4.69) is 48.9 Å². The van der Waals surface area contributed by atoms with Gasteiger partial charge in [0, 0.05) is 17.0 Å². The van der Waals surface area contributed by atoms with Crippen LogP contribution in [0, 0.1) is 0 Å². The Morgan fingerprint density at radius 1 is 1.06 bits per heavy atom. The lowest BCUT2D eigenvalue weighted by atomic mass is 10.1. The second-order valence-electron chi connectivity index (χ2n) is 4.48. The molecule has 2 rings (SSSR count). The Bertz CT molecular complexity index is 490. The first-order chi connectivity index (χ1) is 8.20. The number of hydrogen-bond acceptors (Lipinski definition) is 2. The first-order valence-corrected chi connectivity index (χ1v) is 6.14. The maximum atomic E-state index is 4.64. The lowest BCUT2D eigenvalue weighted by Crippen LogP contribution is -2.01. The van der Waals surface area contributed by atoms with Gasteiger partial charge in [-0.05, 0) is 18.4 Å². The van der Waals surface area contributed by atoms with E-state index in [4.69, 9.17) is 0 Å². The Morgan fingerprint density at radius 2 is 1.76 bits per heavy atom. The van der Waals surface area contributed by atoms with Gasteiger partial charge in [0.1, 0.15) is 0 Å². The molecule has 0 atom stereocenters. The molecule has 1 aromatic heterocycles. The number of aromatic nitrogens is 2. The molecule has 2 heteroatoms. The molecule has 0 unspecified atom stereocenters. The van der Waals surface area contributed by atoms with Crippen LogP contribution >= 0.6 is 0 Å². The highest BCUT2D eigenvalue weighted by Crippen LogP contribution is 2.19. The summed E-state index contributed by atoms with van der Waals surface area (Å²) >= 11 is 0. The van der Waals surface area contributed by atoms with Gasteiger partial charge in [0.2, 0.25) is 0 Å². The van der Waals surface area contributed by atoms with Gasteiger partial charge in [-0.2, -0.15) is 0 Å². The van der Waals surface area contributed by atoms with E-state index in [1.54, 1.807) is 0 Å². The fourth-order valence-corrected chi connectivity index (χ4v) is 1.71. The second kappa shape index (κ2) is 5.09. The normalized spacial score (nSPS) is 10.8. The van der Waals surface area contributed by atoms with Gasteiger partial charge in [-0.25, -0.2) is 9.97 Å². The summed E-state index contributed by atoms with van der Waals surface area (Å²) in [5.41, 5.74) is 3.32. The van der Waals surface area contributed by atoms with Crippen LogP contribution in [0.15, 0.2) is 36.4 Å². The molecule has 0 saturated carbocycles. The molecule has 0 aliphatic heterocycles. The fourth-order valence-electron chi connectivity index (χ4n) is 1.71. The number of aryl methyl sites for hydroxylation is 1. The third-order valence-electron chi connectivity index (χ3n) is 2.78. The molecular formula is C15H18N2. The van der Waals surface area contributed by atoms with Crippen molar-refractivity contribution >= 4 is 0 Å². The highest BCUT2D eigenvalue weighted by Gasteiger charge is 2.08. The Kier molecular flexibility index (Phi) is 3.52. The zero-order chi connectivity index (χ0) is 12.3. The lowest BCUT2D eigenvalue weighted by molar-refractivity contribution is 0.806. The molecule has 0 saturated heterocycles. The number of hydrogen-bond donors (Lipinski definition) is 0. The van der Waals surface area contributed by atoms with Crippen LogP contribution in [-0.4, -0.2) is 9.97 Å². The summed E-state index contributed by atoms with van der Waals surface area (Å²) in [4.78, 5) is 9.23. The Balaban J connectivity index is 2.50. The van der Waals surface area contributed by atoms with Gasteiger partial charge in [-0.1, -0.05) is 51.1 Å². The molecule has 0 aliphatic carbocycles. The molecule has 0 fully saturated rings. The van der Waals surface area contributed by atoms with E-state index < -0.39 is 0 Å². The average molecular weight is 226 g/mol. The summed E-state index contributed by atoms with van der Waals surface area (Å²) < 4.78 is 0. The summed E-state index contributed by atoms with van der Waals surface area (Å²) in [5.74, 6) is 1.28. The molecule has 0 bridgehead atoms. The summed E-state index contributed by atoms with van der Waals surface area (Å²) in [7, 11) is 0. The van der Waals surface area contributed by atoms with E-state index in [0.29, 0.717) is 5.92 Å². The first-order valence-electron chi connectivity index (χ1n) is 6.14. The molecule has 1 aromatic carbocycles. The van der Waals surface area contributed by atoms with Gasteiger partial charge in [0.05, 0.1) is 0 Å². The van der Waals surface area contributed by atoms with E-state index in [1.165, 1.54) is 0 Å². The van der Waals surface area contributed by atoms with Crippen LogP contribution in [0.25, 0.3) is 11.4 Å². The molecule has 0 aliphatic rings. The third-order valence-corrected chi connectivity index (χ3v) is 2.78. The second-order valence-corrected chi connectivity index (χ2v) is 4.48. The van der Waals surface area contributed by atoms with Crippen LogP contribution < -0.4 is 0 Å². The molecule has 0 amide bonds. The van der Waals surface area contributed by atoms with Crippen LogP contribution in [0.5, 0.6) is 0 Å². The highest BCUT2D eigenvalue weighted by atomic mass is 14.9. The largest absolute Gasteiger partial charge is 0.233 e. The Labute approximate surface area is 103 Å². The summed E-state index contributed by atoms with van der Waals surface area (Å²) in [5, 5.41) is 0. The standard InChI is InChI=1S/C15H18N2/c1-4-13-10-14(11(2)3)17-15(16-13)12-8-6-5-7-9-12/h5-11H,4H2,1-3H3. The summed E-state index contributed by atoms with van der Waals surface area (Å²) in [6.07, 6.45) is 0.947. The maximum Gasteiger partial charge on any atom is 0.159 e. The summed E-state index contributed by atoms with van der Waals surface area (Å²) in [6.45, 7) is 6.45. The zero-order valence-electron chi connectivity index (χ0n) is 10.6. The maximum absolute atomic E-state index is 4.64. The van der Waals surface area contributed by atoms with Crippen LogP contribution in [0.4, 0.5) is 0 Å². The van der Waals surface area contributed by atoms with Crippen molar-refractivity contribution in [1.82, 2.24) is 9.97 Å². The van der Waals surface area contributed by atoms with Gasteiger partial charge in [-0.3, -0.25) is 0 Å². The van der Waals surface area contributed by atoms with E-state index in [-0.39, 0.29) is 0 Å². The monoisotopic (exact) mass is 226 g/mol. The van der Waals surface area contributed by atoms with Crippen LogP contribution in [-0.2, 0) is 6.42 Å². The van der Waals surface area contributed by atoms with Gasteiger partial charge < -0.3 is 0 Å². The van der Waals surface area contributed by atoms with E-state index in [9.17, 15) is 0 Å². The first kappa shape index (κ1) is 11.8. The quantitative estimate of drug-likeness (QED) is 0.795. The minimum Gasteiger partial charge on any atom is -0.233 e. The molecule has 88 valence electrons. The van der Waals surface area contributed by atoms with Crippen LogP contribution in [0.1, 0.15) is 38.1 Å². The minimum atomic E-state index is 0.436. The Hall–Kier alpha value is -1.70.